The zero-order valence-electron chi connectivity index (χ0n) is 12.9. The molecule has 2 N–H and O–H groups in total. The third-order valence-electron chi connectivity index (χ3n) is 3.27. The summed E-state index contributed by atoms with van der Waals surface area (Å²) in [5.41, 5.74) is 1.77. The lowest BCUT2D eigenvalue weighted by atomic mass is 10.2. The van der Waals surface area contributed by atoms with Crippen molar-refractivity contribution in [1.82, 2.24) is 20.3 Å². The van der Waals surface area contributed by atoms with Gasteiger partial charge >= 0.3 is 0 Å². The van der Waals surface area contributed by atoms with Crippen molar-refractivity contribution < 1.29 is 4.79 Å². The average molecular weight is 374 g/mol. The maximum Gasteiger partial charge on any atom is 0.270 e. The molecule has 2 aromatic heterocycles. The summed E-state index contributed by atoms with van der Waals surface area (Å²) in [6.07, 6.45) is 4.68. The molecule has 0 unspecified atom stereocenters. The summed E-state index contributed by atoms with van der Waals surface area (Å²) < 4.78 is 0. The molecule has 0 fully saturated rings. The van der Waals surface area contributed by atoms with Crippen molar-refractivity contribution in [3.63, 3.8) is 0 Å². The van der Waals surface area contributed by atoms with Gasteiger partial charge in [-0.15, -0.1) is 0 Å². The van der Waals surface area contributed by atoms with E-state index in [0.717, 1.165) is 5.56 Å². The second-order valence-electron chi connectivity index (χ2n) is 5.08. The van der Waals surface area contributed by atoms with Gasteiger partial charge in [-0.05, 0) is 29.8 Å². The zero-order valence-corrected chi connectivity index (χ0v) is 14.4. The molecule has 0 aliphatic heterocycles. The number of amides is 1. The van der Waals surface area contributed by atoms with E-state index in [2.05, 4.69) is 25.6 Å². The smallest absolute Gasteiger partial charge is 0.270 e. The largest absolute Gasteiger partial charge is 0.347 e. The number of halogens is 2. The van der Waals surface area contributed by atoms with Crippen molar-refractivity contribution in [2.75, 3.05) is 5.32 Å². The van der Waals surface area contributed by atoms with Crippen LogP contribution in [0, 0.1) is 0 Å². The van der Waals surface area contributed by atoms with Gasteiger partial charge in [0.05, 0.1) is 10.7 Å². The number of aromatic nitrogens is 3. The highest BCUT2D eigenvalue weighted by atomic mass is 35.5. The molecule has 6 nitrogen and oxygen atoms in total. The van der Waals surface area contributed by atoms with E-state index in [1.807, 2.05) is 12.1 Å². The molecule has 0 radical (unpaired) electrons. The topological polar surface area (TPSA) is 79.8 Å². The summed E-state index contributed by atoms with van der Waals surface area (Å²) in [7, 11) is 0. The van der Waals surface area contributed by atoms with Gasteiger partial charge in [0.2, 0.25) is 0 Å². The molecule has 0 aliphatic rings. The van der Waals surface area contributed by atoms with Gasteiger partial charge in [0, 0.05) is 30.0 Å². The number of nitrogens with one attached hydrogen (secondary N) is 2. The Balaban J connectivity index is 1.69. The summed E-state index contributed by atoms with van der Waals surface area (Å²) in [5.74, 6) is 0.141. The van der Waals surface area contributed by atoms with Crippen LogP contribution in [0.3, 0.4) is 0 Å². The number of carbonyl (C=O) groups is 1. The number of carbonyl (C=O) groups excluding carboxylic acids is 1. The number of nitrogens with zero attached hydrogens (tertiary/aromatic N) is 3. The van der Waals surface area contributed by atoms with Crippen LogP contribution in [0.2, 0.25) is 10.0 Å². The predicted octanol–water partition coefficient (Wildman–Crippen LogP) is 3.85. The normalized spacial score (nSPS) is 10.3. The minimum Gasteiger partial charge on any atom is -0.347 e. The highest BCUT2D eigenvalue weighted by Crippen LogP contribution is 2.27. The maximum atomic E-state index is 12.2. The Morgan fingerprint density at radius 1 is 1.12 bits per heavy atom. The van der Waals surface area contributed by atoms with Crippen LogP contribution in [0.15, 0.2) is 55.1 Å². The number of anilines is 2. The second kappa shape index (κ2) is 7.92. The Morgan fingerprint density at radius 3 is 2.76 bits per heavy atom. The summed E-state index contributed by atoms with van der Waals surface area (Å²) in [6.45, 7) is 0.364. The van der Waals surface area contributed by atoms with Gasteiger partial charge in [0.1, 0.15) is 17.8 Å². The molecular formula is C17H13Cl2N5O. The second-order valence-corrected chi connectivity index (χ2v) is 5.93. The first-order valence-corrected chi connectivity index (χ1v) is 8.08. The molecule has 0 atom stereocenters. The Labute approximate surface area is 154 Å². The lowest BCUT2D eigenvalue weighted by Crippen LogP contribution is -2.24. The molecule has 0 spiro atoms. The molecule has 0 bridgehead atoms. The van der Waals surface area contributed by atoms with Crippen molar-refractivity contribution in [1.29, 1.82) is 0 Å². The highest BCUT2D eigenvalue weighted by molar-refractivity contribution is 6.36. The first kappa shape index (κ1) is 17.1. The van der Waals surface area contributed by atoms with Crippen molar-refractivity contribution in [3.8, 4) is 0 Å². The Kier molecular flexibility index (Phi) is 5.42. The monoisotopic (exact) mass is 373 g/mol. The lowest BCUT2D eigenvalue weighted by Gasteiger charge is -2.09. The first-order chi connectivity index (χ1) is 12.1. The molecule has 0 saturated carbocycles. The van der Waals surface area contributed by atoms with Gasteiger partial charge < -0.3 is 10.6 Å². The van der Waals surface area contributed by atoms with Gasteiger partial charge in [-0.25, -0.2) is 9.97 Å². The SMILES string of the molecule is O=C(NCc1cccnc1)c1cc(Nc2ccc(Cl)cc2Cl)ncn1. The van der Waals surface area contributed by atoms with E-state index in [0.29, 0.717) is 28.1 Å². The third kappa shape index (κ3) is 4.65. The van der Waals surface area contributed by atoms with E-state index in [1.54, 1.807) is 36.7 Å². The number of rotatable bonds is 5. The van der Waals surface area contributed by atoms with Crippen molar-refractivity contribution in [3.05, 3.63) is 76.4 Å². The molecule has 3 rings (SSSR count). The lowest BCUT2D eigenvalue weighted by molar-refractivity contribution is 0.0946. The van der Waals surface area contributed by atoms with E-state index in [4.69, 9.17) is 23.2 Å². The molecule has 25 heavy (non-hydrogen) atoms. The van der Waals surface area contributed by atoms with Crippen LogP contribution >= 0.6 is 23.2 Å². The van der Waals surface area contributed by atoms with Crippen molar-refractivity contribution in [2.24, 2.45) is 0 Å². The fraction of sp³-hybridized carbons (Fsp3) is 0.0588. The van der Waals surface area contributed by atoms with Gasteiger partial charge in [-0.1, -0.05) is 29.3 Å². The quantitative estimate of drug-likeness (QED) is 0.709. The molecule has 8 heteroatoms. The Hall–Kier alpha value is -2.70. The fourth-order valence-corrected chi connectivity index (χ4v) is 2.51. The van der Waals surface area contributed by atoms with Crippen LogP contribution in [-0.2, 0) is 6.54 Å². The zero-order chi connectivity index (χ0) is 17.6. The van der Waals surface area contributed by atoms with Gasteiger partial charge in [-0.2, -0.15) is 0 Å². The summed E-state index contributed by atoms with van der Waals surface area (Å²) in [5, 5.41) is 6.81. The molecular weight excluding hydrogens is 361 g/mol. The molecule has 2 heterocycles. The summed E-state index contributed by atoms with van der Waals surface area (Å²) in [6, 6.07) is 10.3. The molecule has 1 aromatic carbocycles. The molecule has 126 valence electrons. The van der Waals surface area contributed by atoms with E-state index in [9.17, 15) is 4.79 Å². The van der Waals surface area contributed by atoms with Crippen LogP contribution < -0.4 is 10.6 Å². The van der Waals surface area contributed by atoms with Crippen LogP contribution in [0.25, 0.3) is 0 Å². The highest BCUT2D eigenvalue weighted by Gasteiger charge is 2.10. The number of benzene rings is 1. The fourth-order valence-electron chi connectivity index (χ4n) is 2.05. The standard InChI is InChI=1S/C17H13Cl2N5O/c18-12-3-4-14(13(19)6-12)24-16-7-15(22-10-23-16)17(25)21-9-11-2-1-5-20-8-11/h1-8,10H,9H2,(H,21,25)(H,22,23,24). The van der Waals surface area contributed by atoms with Crippen LogP contribution in [0.5, 0.6) is 0 Å². The number of hydrogen-bond donors (Lipinski definition) is 2. The third-order valence-corrected chi connectivity index (χ3v) is 3.82. The van der Waals surface area contributed by atoms with Gasteiger partial charge in [0.25, 0.3) is 5.91 Å². The van der Waals surface area contributed by atoms with E-state index in [-0.39, 0.29) is 11.6 Å². The molecule has 3 aromatic rings. The number of hydrogen-bond acceptors (Lipinski definition) is 5. The predicted molar refractivity (Wildman–Crippen MR) is 97.2 cm³/mol. The Bertz CT molecular complexity index is 889. The summed E-state index contributed by atoms with van der Waals surface area (Å²) >= 11 is 12.0. The van der Waals surface area contributed by atoms with Crippen LogP contribution in [-0.4, -0.2) is 20.9 Å². The van der Waals surface area contributed by atoms with E-state index < -0.39 is 0 Å². The average Bonchev–Trinajstić information content (AvgIpc) is 2.63. The van der Waals surface area contributed by atoms with Gasteiger partial charge in [-0.3, -0.25) is 9.78 Å². The van der Waals surface area contributed by atoms with Crippen LogP contribution in [0.4, 0.5) is 11.5 Å². The maximum absolute atomic E-state index is 12.2. The first-order valence-electron chi connectivity index (χ1n) is 7.33. The van der Waals surface area contributed by atoms with E-state index >= 15 is 0 Å². The molecule has 0 saturated heterocycles. The van der Waals surface area contributed by atoms with Crippen LogP contribution in [0.1, 0.15) is 16.1 Å². The van der Waals surface area contributed by atoms with Crippen molar-refractivity contribution in [2.45, 2.75) is 6.54 Å². The Morgan fingerprint density at radius 2 is 2.00 bits per heavy atom. The number of pyridine rings is 1. The van der Waals surface area contributed by atoms with Crippen molar-refractivity contribution >= 4 is 40.6 Å². The summed E-state index contributed by atoms with van der Waals surface area (Å²) in [4.78, 5) is 24.3. The molecule has 1 amide bonds. The minimum atomic E-state index is -0.309. The molecule has 0 aliphatic carbocycles. The minimum absolute atomic E-state index is 0.242. The van der Waals surface area contributed by atoms with Gasteiger partial charge in [0.15, 0.2) is 0 Å². The van der Waals surface area contributed by atoms with E-state index in [1.165, 1.54) is 6.33 Å².